The van der Waals surface area contributed by atoms with Crippen LogP contribution in [0.25, 0.3) is 0 Å². The Kier molecular flexibility index (Phi) is 5.00. The number of urea groups is 1. The van der Waals surface area contributed by atoms with Crippen molar-refractivity contribution in [3.8, 4) is 0 Å². The van der Waals surface area contributed by atoms with E-state index in [4.69, 9.17) is 11.6 Å². The molecule has 1 aromatic carbocycles. The molecule has 1 aliphatic heterocycles. The van der Waals surface area contributed by atoms with E-state index in [9.17, 15) is 9.59 Å². The molecule has 126 valence electrons. The lowest BCUT2D eigenvalue weighted by atomic mass is 10.1. The molecular formula is C16H18ClN5O2. The van der Waals surface area contributed by atoms with Gasteiger partial charge in [0.15, 0.2) is 0 Å². The van der Waals surface area contributed by atoms with Gasteiger partial charge in [0.25, 0.3) is 0 Å². The number of hydrogen-bond acceptors (Lipinski definition) is 3. The minimum Gasteiger partial charge on any atom is -0.354 e. The van der Waals surface area contributed by atoms with Crippen LogP contribution in [0.2, 0.25) is 5.02 Å². The lowest BCUT2D eigenvalue weighted by molar-refractivity contribution is -0.124. The molecule has 1 fully saturated rings. The highest BCUT2D eigenvalue weighted by molar-refractivity contribution is 6.30. The Bertz CT molecular complexity index is 728. The van der Waals surface area contributed by atoms with Crippen LogP contribution >= 0.6 is 11.6 Å². The smallest absolute Gasteiger partial charge is 0.319 e. The van der Waals surface area contributed by atoms with Crippen LogP contribution in [-0.4, -0.2) is 34.3 Å². The highest BCUT2D eigenvalue weighted by Gasteiger charge is 2.23. The van der Waals surface area contributed by atoms with E-state index in [1.807, 2.05) is 24.3 Å². The van der Waals surface area contributed by atoms with Gasteiger partial charge in [-0.05, 0) is 30.5 Å². The average Bonchev–Trinajstić information content (AvgIpc) is 2.99. The predicted molar refractivity (Wildman–Crippen MR) is 91.0 cm³/mol. The van der Waals surface area contributed by atoms with Gasteiger partial charge in [0.2, 0.25) is 5.91 Å². The molecule has 0 radical (unpaired) electrons. The standard InChI is InChI=1S/C16H18ClN5O2/c17-12-5-3-11(4-6-12)9-22-10-13(8-19-22)20-16(24)21-14-2-1-7-18-15(14)23/h3-6,8,10,14H,1-2,7,9H2,(H,18,23)(H2,20,21,24)/t14-/m0/s1. The van der Waals surface area contributed by atoms with Gasteiger partial charge in [-0.1, -0.05) is 23.7 Å². The summed E-state index contributed by atoms with van der Waals surface area (Å²) in [5.74, 6) is -0.144. The zero-order valence-electron chi connectivity index (χ0n) is 13.0. The lowest BCUT2D eigenvalue weighted by Gasteiger charge is -2.22. The number of carbonyl (C=O) groups excluding carboxylic acids is 2. The molecule has 1 aromatic heterocycles. The van der Waals surface area contributed by atoms with E-state index in [1.54, 1.807) is 17.1 Å². The van der Waals surface area contributed by atoms with E-state index in [0.29, 0.717) is 30.2 Å². The van der Waals surface area contributed by atoms with E-state index in [-0.39, 0.29) is 5.91 Å². The van der Waals surface area contributed by atoms with Gasteiger partial charge in [-0.3, -0.25) is 9.48 Å². The van der Waals surface area contributed by atoms with Gasteiger partial charge in [-0.15, -0.1) is 0 Å². The average molecular weight is 348 g/mol. The topological polar surface area (TPSA) is 88.1 Å². The highest BCUT2D eigenvalue weighted by atomic mass is 35.5. The number of nitrogens with zero attached hydrogens (tertiary/aromatic N) is 2. The summed E-state index contributed by atoms with van der Waals surface area (Å²) in [6.07, 6.45) is 4.80. The molecule has 8 heteroatoms. The number of amides is 3. The summed E-state index contributed by atoms with van der Waals surface area (Å²) in [4.78, 5) is 23.6. The van der Waals surface area contributed by atoms with Crippen molar-refractivity contribution < 1.29 is 9.59 Å². The molecule has 0 saturated carbocycles. The van der Waals surface area contributed by atoms with Crippen LogP contribution < -0.4 is 16.0 Å². The van der Waals surface area contributed by atoms with Crippen molar-refractivity contribution in [3.05, 3.63) is 47.2 Å². The van der Waals surface area contributed by atoms with Crippen LogP contribution in [0.5, 0.6) is 0 Å². The fraction of sp³-hybridized carbons (Fsp3) is 0.312. The number of halogens is 1. The minimum absolute atomic E-state index is 0.144. The largest absolute Gasteiger partial charge is 0.354 e. The molecule has 7 nitrogen and oxygen atoms in total. The third-order valence-electron chi connectivity index (χ3n) is 3.74. The zero-order valence-corrected chi connectivity index (χ0v) is 13.7. The first-order valence-corrected chi connectivity index (χ1v) is 8.10. The number of hydrogen-bond donors (Lipinski definition) is 3. The molecule has 1 atom stereocenters. The summed E-state index contributed by atoms with van der Waals surface area (Å²) in [5, 5.41) is 13.0. The summed E-state index contributed by atoms with van der Waals surface area (Å²) in [7, 11) is 0. The number of rotatable bonds is 4. The second kappa shape index (κ2) is 7.35. The Balaban J connectivity index is 1.54. The third kappa shape index (κ3) is 4.26. The van der Waals surface area contributed by atoms with Crippen molar-refractivity contribution >= 4 is 29.2 Å². The van der Waals surface area contributed by atoms with E-state index >= 15 is 0 Å². The summed E-state index contributed by atoms with van der Waals surface area (Å²) in [6, 6.07) is 6.59. The quantitative estimate of drug-likeness (QED) is 0.790. The van der Waals surface area contributed by atoms with E-state index in [0.717, 1.165) is 12.0 Å². The molecule has 0 bridgehead atoms. The fourth-order valence-electron chi connectivity index (χ4n) is 2.53. The Hall–Kier alpha value is -2.54. The molecule has 3 rings (SSSR count). The van der Waals surface area contributed by atoms with Crippen molar-refractivity contribution in [2.24, 2.45) is 0 Å². The normalized spacial score (nSPS) is 17.2. The molecule has 3 amide bonds. The maximum Gasteiger partial charge on any atom is 0.319 e. The Morgan fingerprint density at radius 3 is 2.92 bits per heavy atom. The molecule has 2 heterocycles. The molecule has 1 aliphatic rings. The van der Waals surface area contributed by atoms with Crippen LogP contribution in [0.3, 0.4) is 0 Å². The predicted octanol–water partition coefficient (Wildman–Crippen LogP) is 1.98. The molecular weight excluding hydrogens is 330 g/mol. The Morgan fingerprint density at radius 2 is 2.17 bits per heavy atom. The van der Waals surface area contributed by atoms with Crippen LogP contribution in [-0.2, 0) is 11.3 Å². The zero-order chi connectivity index (χ0) is 16.9. The third-order valence-corrected chi connectivity index (χ3v) is 3.99. The van der Waals surface area contributed by atoms with Gasteiger partial charge in [0.1, 0.15) is 6.04 Å². The molecule has 3 N–H and O–H groups in total. The van der Waals surface area contributed by atoms with Gasteiger partial charge < -0.3 is 16.0 Å². The summed E-state index contributed by atoms with van der Waals surface area (Å²) in [5.41, 5.74) is 1.62. The van der Waals surface area contributed by atoms with Crippen LogP contribution in [0.4, 0.5) is 10.5 Å². The summed E-state index contributed by atoms with van der Waals surface area (Å²) < 4.78 is 1.71. The van der Waals surface area contributed by atoms with Crippen molar-refractivity contribution in [3.63, 3.8) is 0 Å². The first kappa shape index (κ1) is 16.3. The maximum atomic E-state index is 12.0. The highest BCUT2D eigenvalue weighted by Crippen LogP contribution is 2.12. The van der Waals surface area contributed by atoms with Crippen molar-refractivity contribution in [2.45, 2.75) is 25.4 Å². The summed E-state index contributed by atoms with van der Waals surface area (Å²) >= 11 is 5.86. The van der Waals surface area contributed by atoms with Crippen LogP contribution in [0, 0.1) is 0 Å². The van der Waals surface area contributed by atoms with E-state index in [1.165, 1.54) is 0 Å². The van der Waals surface area contributed by atoms with Gasteiger partial charge in [-0.2, -0.15) is 5.10 Å². The second-order valence-corrected chi connectivity index (χ2v) is 6.07. The van der Waals surface area contributed by atoms with E-state index in [2.05, 4.69) is 21.0 Å². The number of carbonyl (C=O) groups is 2. The van der Waals surface area contributed by atoms with Gasteiger partial charge in [-0.25, -0.2) is 4.79 Å². The van der Waals surface area contributed by atoms with Crippen molar-refractivity contribution in [1.29, 1.82) is 0 Å². The maximum absolute atomic E-state index is 12.0. The Morgan fingerprint density at radius 1 is 1.38 bits per heavy atom. The molecule has 2 aromatic rings. The summed E-state index contributed by atoms with van der Waals surface area (Å²) in [6.45, 7) is 1.24. The first-order valence-electron chi connectivity index (χ1n) is 7.72. The van der Waals surface area contributed by atoms with Gasteiger partial charge in [0.05, 0.1) is 18.4 Å². The molecule has 1 saturated heterocycles. The van der Waals surface area contributed by atoms with Crippen LogP contribution in [0.1, 0.15) is 18.4 Å². The lowest BCUT2D eigenvalue weighted by Crippen LogP contribution is -2.51. The number of nitrogens with one attached hydrogen (secondary N) is 3. The number of anilines is 1. The Labute approximate surface area is 144 Å². The number of piperidine rings is 1. The number of benzene rings is 1. The van der Waals surface area contributed by atoms with Gasteiger partial charge in [0, 0.05) is 17.8 Å². The SMILES string of the molecule is O=C(Nc1cnn(Cc2ccc(Cl)cc2)c1)N[C@H]1CCCNC1=O. The van der Waals surface area contributed by atoms with E-state index < -0.39 is 12.1 Å². The van der Waals surface area contributed by atoms with Gasteiger partial charge >= 0.3 is 6.03 Å². The minimum atomic E-state index is -0.483. The number of aromatic nitrogens is 2. The first-order chi connectivity index (χ1) is 11.6. The monoisotopic (exact) mass is 347 g/mol. The molecule has 0 spiro atoms. The van der Waals surface area contributed by atoms with Crippen molar-refractivity contribution in [2.75, 3.05) is 11.9 Å². The molecule has 0 aliphatic carbocycles. The molecule has 24 heavy (non-hydrogen) atoms. The fourth-order valence-corrected chi connectivity index (χ4v) is 2.65. The molecule has 0 unspecified atom stereocenters. The van der Waals surface area contributed by atoms with Crippen molar-refractivity contribution in [1.82, 2.24) is 20.4 Å². The van der Waals surface area contributed by atoms with Crippen LogP contribution in [0.15, 0.2) is 36.7 Å². The second-order valence-electron chi connectivity index (χ2n) is 5.64.